The van der Waals surface area contributed by atoms with Gasteiger partial charge in [-0.2, -0.15) is 0 Å². The quantitative estimate of drug-likeness (QED) is 0.676. The normalized spacial score (nSPS) is 20.0. The Balaban J connectivity index is 1.40. The molecule has 6 heteroatoms. The number of nitrogens with zero attached hydrogens (tertiary/aromatic N) is 3. The maximum atomic E-state index is 12.8. The van der Waals surface area contributed by atoms with Crippen molar-refractivity contribution in [2.75, 3.05) is 39.3 Å². The Morgan fingerprint density at radius 3 is 2.77 bits per heavy atom. The van der Waals surface area contributed by atoms with E-state index in [4.69, 9.17) is 9.15 Å². The van der Waals surface area contributed by atoms with E-state index in [9.17, 15) is 4.79 Å². The molecule has 0 unspecified atom stereocenters. The first-order chi connectivity index (χ1) is 15.2. The lowest BCUT2D eigenvalue weighted by Gasteiger charge is -2.34. The number of carbonyl (C=O) groups excluding carboxylic acids is 1. The summed E-state index contributed by atoms with van der Waals surface area (Å²) in [5.41, 5.74) is 2.52. The van der Waals surface area contributed by atoms with E-state index in [1.165, 1.54) is 11.1 Å². The van der Waals surface area contributed by atoms with Crippen LogP contribution in [-0.4, -0.2) is 59.9 Å². The van der Waals surface area contributed by atoms with Crippen LogP contribution in [0.25, 0.3) is 0 Å². The van der Waals surface area contributed by atoms with Gasteiger partial charge in [-0.05, 0) is 63.1 Å². The van der Waals surface area contributed by atoms with E-state index in [2.05, 4.69) is 41.8 Å². The van der Waals surface area contributed by atoms with Gasteiger partial charge >= 0.3 is 0 Å². The van der Waals surface area contributed by atoms with E-state index in [-0.39, 0.29) is 5.92 Å². The number of hydrogen-bond donors (Lipinski definition) is 0. The smallest absolute Gasteiger partial charge is 0.226 e. The third-order valence-electron chi connectivity index (χ3n) is 6.48. The molecule has 6 nitrogen and oxygen atoms in total. The van der Waals surface area contributed by atoms with Crippen LogP contribution in [0.15, 0.2) is 41.0 Å². The molecule has 1 aromatic heterocycles. The Kier molecular flexibility index (Phi) is 7.30. The summed E-state index contributed by atoms with van der Waals surface area (Å²) in [6.45, 7) is 11.7. The Morgan fingerprint density at radius 2 is 2.00 bits per heavy atom. The summed E-state index contributed by atoms with van der Waals surface area (Å²) in [6, 6.07) is 10.5. The highest BCUT2D eigenvalue weighted by atomic mass is 16.5. The number of furan rings is 1. The van der Waals surface area contributed by atoms with Crippen LogP contribution >= 0.6 is 0 Å². The maximum Gasteiger partial charge on any atom is 0.226 e. The van der Waals surface area contributed by atoms with Gasteiger partial charge in [-0.3, -0.25) is 14.6 Å². The summed E-state index contributed by atoms with van der Waals surface area (Å²) in [6.07, 6.45) is 3.82. The van der Waals surface area contributed by atoms with Crippen LogP contribution in [0.5, 0.6) is 5.75 Å². The fraction of sp³-hybridized carbons (Fsp3) is 0.560. The van der Waals surface area contributed by atoms with Gasteiger partial charge in [-0.25, -0.2) is 0 Å². The Hall–Kier alpha value is -2.31. The molecule has 1 saturated heterocycles. The molecule has 2 aliphatic rings. The zero-order chi connectivity index (χ0) is 21.6. The van der Waals surface area contributed by atoms with Crippen LogP contribution in [-0.2, 0) is 24.4 Å². The molecule has 0 radical (unpaired) electrons. The van der Waals surface area contributed by atoms with E-state index < -0.39 is 0 Å². The molecule has 2 aliphatic heterocycles. The number of ether oxygens (including phenoxy) is 1. The molecular formula is C25H35N3O3. The topological polar surface area (TPSA) is 49.2 Å². The van der Waals surface area contributed by atoms with Gasteiger partial charge in [0, 0.05) is 44.8 Å². The van der Waals surface area contributed by atoms with Crippen molar-refractivity contribution in [1.82, 2.24) is 14.7 Å². The summed E-state index contributed by atoms with van der Waals surface area (Å²) >= 11 is 0. The number of hydrogen-bond acceptors (Lipinski definition) is 5. The zero-order valence-corrected chi connectivity index (χ0v) is 18.9. The van der Waals surface area contributed by atoms with E-state index in [1.54, 1.807) is 6.26 Å². The Labute approximate surface area is 185 Å². The summed E-state index contributed by atoms with van der Waals surface area (Å²) < 4.78 is 11.5. The van der Waals surface area contributed by atoms with E-state index in [1.807, 2.05) is 17.0 Å². The lowest BCUT2D eigenvalue weighted by molar-refractivity contribution is -0.137. The molecule has 1 amide bonds. The molecule has 3 heterocycles. The van der Waals surface area contributed by atoms with E-state index in [0.29, 0.717) is 12.5 Å². The Bertz CT molecular complexity index is 848. The molecule has 1 aromatic carbocycles. The standard InChI is InChI=1S/C25H35N3O3/c1-3-28(4-2)25(29)21-7-5-11-26(17-21)16-20-9-10-24-22(15-20)18-27(12-14-31-24)19-23-8-6-13-30-23/h6,8-10,13,15,21H,3-5,7,11-12,14,16-19H2,1-2H3/t21-/m0/s1. The van der Waals surface area contributed by atoms with Crippen molar-refractivity contribution in [3.05, 3.63) is 53.5 Å². The molecule has 0 spiro atoms. The number of amides is 1. The third kappa shape index (κ3) is 5.49. The number of piperidine rings is 1. The number of likely N-dealkylation sites (tertiary alicyclic amines) is 1. The minimum absolute atomic E-state index is 0.126. The number of benzene rings is 1. The van der Waals surface area contributed by atoms with Gasteiger partial charge in [0.15, 0.2) is 0 Å². The average Bonchev–Trinajstić information content (AvgIpc) is 3.21. The van der Waals surface area contributed by atoms with Crippen molar-refractivity contribution in [3.8, 4) is 5.75 Å². The van der Waals surface area contributed by atoms with Crippen molar-refractivity contribution in [3.63, 3.8) is 0 Å². The van der Waals surface area contributed by atoms with Crippen molar-refractivity contribution < 1.29 is 13.9 Å². The predicted octanol–water partition coefficient (Wildman–Crippen LogP) is 3.75. The van der Waals surface area contributed by atoms with Crippen LogP contribution in [0.1, 0.15) is 43.6 Å². The second-order valence-electron chi connectivity index (χ2n) is 8.67. The lowest BCUT2D eigenvalue weighted by Crippen LogP contribution is -2.44. The van der Waals surface area contributed by atoms with Gasteiger partial charge in [0.25, 0.3) is 0 Å². The fourth-order valence-electron chi connectivity index (χ4n) is 4.81. The van der Waals surface area contributed by atoms with Crippen molar-refractivity contribution in [2.45, 2.75) is 46.3 Å². The SMILES string of the molecule is CCN(CC)C(=O)[C@H]1CCCN(Cc2ccc3c(c2)CN(Cc2ccco2)CCO3)C1. The average molecular weight is 426 g/mol. The van der Waals surface area contributed by atoms with Crippen LogP contribution in [0.3, 0.4) is 0 Å². The van der Waals surface area contributed by atoms with Gasteiger partial charge in [0.2, 0.25) is 5.91 Å². The van der Waals surface area contributed by atoms with Gasteiger partial charge < -0.3 is 14.1 Å². The molecule has 168 valence electrons. The van der Waals surface area contributed by atoms with Crippen LogP contribution in [0.2, 0.25) is 0 Å². The number of fused-ring (bicyclic) bond motifs is 1. The molecule has 1 atom stereocenters. The number of rotatable bonds is 7. The molecule has 4 rings (SSSR count). The zero-order valence-electron chi connectivity index (χ0n) is 18.9. The summed E-state index contributed by atoms with van der Waals surface area (Å²) in [5.74, 6) is 2.41. The second-order valence-corrected chi connectivity index (χ2v) is 8.67. The number of carbonyl (C=O) groups is 1. The van der Waals surface area contributed by atoms with Gasteiger partial charge in [-0.1, -0.05) is 6.07 Å². The van der Waals surface area contributed by atoms with E-state index in [0.717, 1.165) is 76.7 Å². The molecule has 2 aromatic rings. The molecular weight excluding hydrogens is 390 g/mol. The minimum Gasteiger partial charge on any atom is -0.492 e. The van der Waals surface area contributed by atoms with Gasteiger partial charge in [0.05, 0.1) is 18.7 Å². The molecule has 31 heavy (non-hydrogen) atoms. The van der Waals surface area contributed by atoms with Crippen LogP contribution in [0.4, 0.5) is 0 Å². The third-order valence-corrected chi connectivity index (χ3v) is 6.48. The van der Waals surface area contributed by atoms with Crippen molar-refractivity contribution in [1.29, 1.82) is 0 Å². The lowest BCUT2D eigenvalue weighted by atomic mass is 9.95. The molecule has 1 fully saturated rings. The summed E-state index contributed by atoms with van der Waals surface area (Å²) in [4.78, 5) is 19.6. The first-order valence-electron chi connectivity index (χ1n) is 11.7. The first kappa shape index (κ1) is 21.9. The summed E-state index contributed by atoms with van der Waals surface area (Å²) in [5, 5.41) is 0. The minimum atomic E-state index is 0.126. The predicted molar refractivity (Wildman–Crippen MR) is 121 cm³/mol. The van der Waals surface area contributed by atoms with Gasteiger partial charge in [-0.15, -0.1) is 0 Å². The van der Waals surface area contributed by atoms with Crippen LogP contribution < -0.4 is 4.74 Å². The highest BCUT2D eigenvalue weighted by molar-refractivity contribution is 5.79. The molecule has 0 aliphatic carbocycles. The van der Waals surface area contributed by atoms with E-state index >= 15 is 0 Å². The van der Waals surface area contributed by atoms with Crippen LogP contribution in [0, 0.1) is 5.92 Å². The largest absolute Gasteiger partial charge is 0.492 e. The highest BCUT2D eigenvalue weighted by Gasteiger charge is 2.28. The second kappa shape index (κ2) is 10.3. The Morgan fingerprint density at radius 1 is 1.13 bits per heavy atom. The van der Waals surface area contributed by atoms with Crippen molar-refractivity contribution in [2.24, 2.45) is 5.92 Å². The fourth-order valence-corrected chi connectivity index (χ4v) is 4.81. The highest BCUT2D eigenvalue weighted by Crippen LogP contribution is 2.27. The van der Waals surface area contributed by atoms with Crippen molar-refractivity contribution >= 4 is 5.91 Å². The molecule has 0 saturated carbocycles. The summed E-state index contributed by atoms with van der Waals surface area (Å²) in [7, 11) is 0. The molecule has 0 bridgehead atoms. The van der Waals surface area contributed by atoms with Gasteiger partial charge in [0.1, 0.15) is 18.1 Å². The monoisotopic (exact) mass is 425 g/mol. The molecule has 0 N–H and O–H groups in total. The first-order valence-corrected chi connectivity index (χ1v) is 11.7. The maximum absolute atomic E-state index is 12.8.